The minimum Gasteiger partial charge on any atom is -0.225 e. The van der Waals surface area contributed by atoms with Gasteiger partial charge in [-0.15, -0.1) is 11.6 Å². The first-order valence-electron chi connectivity index (χ1n) is 4.00. The highest BCUT2D eigenvalue weighted by Gasteiger charge is 2.06. The van der Waals surface area contributed by atoms with Crippen molar-refractivity contribution in [3.05, 3.63) is 35.4 Å². The van der Waals surface area contributed by atoms with Gasteiger partial charge in [0.1, 0.15) is 14.1 Å². The van der Waals surface area contributed by atoms with Crippen molar-refractivity contribution < 1.29 is 4.58 Å². The van der Waals surface area contributed by atoms with Crippen molar-refractivity contribution in [2.45, 2.75) is 5.88 Å². The van der Waals surface area contributed by atoms with E-state index in [4.69, 9.17) is 23.2 Å². The summed E-state index contributed by atoms with van der Waals surface area (Å²) in [5, 5.41) is 0.737. The van der Waals surface area contributed by atoms with Gasteiger partial charge in [0, 0.05) is 5.88 Å². The molecule has 1 nitrogen and oxygen atoms in total. The summed E-state index contributed by atoms with van der Waals surface area (Å²) in [5.41, 5.74) is 2.12. The number of benzene rings is 1. The van der Waals surface area contributed by atoms with Crippen molar-refractivity contribution in [2.24, 2.45) is 0 Å². The summed E-state index contributed by atoms with van der Waals surface area (Å²) < 4.78 is 1.87. The monoisotopic (exact) mass is 216 g/mol. The standard InChI is InChI=1S/C10H12Cl2N/c1-13(2)10(12)9-5-3-8(7-11)4-6-9/h3-6H,7H2,1-2H3/q+1. The largest absolute Gasteiger partial charge is 0.276 e. The number of rotatable bonds is 2. The molecule has 3 heteroatoms. The van der Waals surface area contributed by atoms with Crippen molar-refractivity contribution in [1.82, 2.24) is 0 Å². The molecular weight excluding hydrogens is 205 g/mol. The third-order valence-corrected chi connectivity index (χ3v) is 2.60. The van der Waals surface area contributed by atoms with Crippen LogP contribution in [0.5, 0.6) is 0 Å². The van der Waals surface area contributed by atoms with Crippen LogP contribution in [0.25, 0.3) is 0 Å². The van der Waals surface area contributed by atoms with Crippen LogP contribution < -0.4 is 0 Å². The highest BCUT2D eigenvalue weighted by atomic mass is 35.5. The third kappa shape index (κ3) is 2.71. The smallest absolute Gasteiger partial charge is 0.225 e. The number of hydrogen-bond acceptors (Lipinski definition) is 0. The molecule has 0 aliphatic rings. The predicted molar refractivity (Wildman–Crippen MR) is 58.1 cm³/mol. The van der Waals surface area contributed by atoms with Crippen LogP contribution in [0.1, 0.15) is 11.1 Å². The maximum absolute atomic E-state index is 6.05. The molecule has 13 heavy (non-hydrogen) atoms. The molecule has 0 amide bonds. The lowest BCUT2D eigenvalue weighted by atomic mass is 10.2. The fourth-order valence-corrected chi connectivity index (χ4v) is 1.29. The Kier molecular flexibility index (Phi) is 3.76. The molecule has 70 valence electrons. The van der Waals surface area contributed by atoms with Crippen LogP contribution in [0, 0.1) is 0 Å². The van der Waals surface area contributed by atoms with Crippen molar-refractivity contribution in [3.63, 3.8) is 0 Å². The van der Waals surface area contributed by atoms with Gasteiger partial charge in [0.05, 0.1) is 5.56 Å². The van der Waals surface area contributed by atoms with Crippen LogP contribution >= 0.6 is 23.2 Å². The summed E-state index contributed by atoms with van der Waals surface area (Å²) >= 11 is 11.7. The van der Waals surface area contributed by atoms with E-state index in [0.29, 0.717) is 5.88 Å². The zero-order valence-corrected chi connectivity index (χ0v) is 9.23. The second-order valence-corrected chi connectivity index (χ2v) is 3.64. The molecule has 0 heterocycles. The summed E-state index contributed by atoms with van der Waals surface area (Å²) in [6.07, 6.45) is 0. The quantitative estimate of drug-likeness (QED) is 0.407. The summed E-state index contributed by atoms with van der Waals surface area (Å²) in [5.74, 6) is 0.542. The van der Waals surface area contributed by atoms with Crippen LogP contribution in [0.15, 0.2) is 24.3 Å². The van der Waals surface area contributed by atoms with Gasteiger partial charge in [0.2, 0.25) is 0 Å². The molecule has 1 aromatic rings. The summed E-state index contributed by atoms with van der Waals surface area (Å²) in [7, 11) is 3.83. The lowest BCUT2D eigenvalue weighted by Crippen LogP contribution is -2.07. The van der Waals surface area contributed by atoms with E-state index in [0.717, 1.165) is 16.3 Å². The molecule has 0 saturated heterocycles. The van der Waals surface area contributed by atoms with Crippen LogP contribution in [-0.2, 0) is 5.88 Å². The Morgan fingerprint density at radius 3 is 2.15 bits per heavy atom. The van der Waals surface area contributed by atoms with Gasteiger partial charge in [-0.05, 0) is 29.3 Å². The number of nitrogens with zero attached hydrogens (tertiary/aromatic N) is 1. The maximum Gasteiger partial charge on any atom is 0.276 e. The Labute approximate surface area is 88.6 Å². The number of hydrogen-bond donors (Lipinski definition) is 0. The van der Waals surface area contributed by atoms with Gasteiger partial charge >= 0.3 is 0 Å². The highest BCUT2D eigenvalue weighted by molar-refractivity contribution is 6.68. The second-order valence-electron chi connectivity index (χ2n) is 3.02. The lowest BCUT2D eigenvalue weighted by molar-refractivity contribution is -0.461. The Balaban J connectivity index is 2.99. The molecule has 0 unspecified atom stereocenters. The van der Waals surface area contributed by atoms with Gasteiger partial charge in [0.15, 0.2) is 0 Å². The van der Waals surface area contributed by atoms with E-state index in [1.54, 1.807) is 0 Å². The molecule has 0 atom stereocenters. The van der Waals surface area contributed by atoms with Crippen LogP contribution in [0.4, 0.5) is 0 Å². The molecule has 0 radical (unpaired) electrons. The Morgan fingerprint density at radius 1 is 1.23 bits per heavy atom. The fraction of sp³-hybridized carbons (Fsp3) is 0.300. The zero-order valence-electron chi connectivity index (χ0n) is 7.72. The molecule has 1 aromatic carbocycles. The first kappa shape index (κ1) is 10.6. The first-order chi connectivity index (χ1) is 6.15. The van der Waals surface area contributed by atoms with Gasteiger partial charge in [-0.2, -0.15) is 0 Å². The maximum atomic E-state index is 6.05. The van der Waals surface area contributed by atoms with Crippen molar-refractivity contribution in [2.75, 3.05) is 14.1 Å². The van der Waals surface area contributed by atoms with E-state index in [-0.39, 0.29) is 0 Å². The molecule has 1 rings (SSSR count). The topological polar surface area (TPSA) is 3.01 Å². The summed E-state index contributed by atoms with van der Waals surface area (Å²) in [4.78, 5) is 0. The molecule has 0 N–H and O–H groups in total. The molecule has 0 bridgehead atoms. The average Bonchev–Trinajstić information content (AvgIpc) is 2.17. The van der Waals surface area contributed by atoms with Crippen LogP contribution in [0.3, 0.4) is 0 Å². The molecule has 0 aliphatic heterocycles. The normalized spacial score (nSPS) is 9.85. The van der Waals surface area contributed by atoms with E-state index in [9.17, 15) is 0 Å². The van der Waals surface area contributed by atoms with Gasteiger partial charge in [-0.1, -0.05) is 12.1 Å². The molecule has 0 saturated carbocycles. The van der Waals surface area contributed by atoms with Crippen molar-refractivity contribution in [3.8, 4) is 0 Å². The van der Waals surface area contributed by atoms with Crippen molar-refractivity contribution >= 4 is 28.4 Å². The molecule has 0 fully saturated rings. The predicted octanol–water partition coefficient (Wildman–Crippen LogP) is 2.68. The molecular formula is C10H12Cl2N+. The summed E-state index contributed by atoms with van der Waals surface area (Å²) in [6.45, 7) is 0. The highest BCUT2D eigenvalue weighted by Crippen LogP contribution is 2.09. The van der Waals surface area contributed by atoms with E-state index in [2.05, 4.69) is 0 Å². The Hall–Kier alpha value is -0.530. The van der Waals surface area contributed by atoms with E-state index in [1.807, 2.05) is 42.9 Å². The fourth-order valence-electron chi connectivity index (χ4n) is 0.990. The zero-order chi connectivity index (χ0) is 9.84. The molecule has 0 aromatic heterocycles. The van der Waals surface area contributed by atoms with E-state index >= 15 is 0 Å². The Morgan fingerprint density at radius 2 is 1.77 bits per heavy atom. The average molecular weight is 217 g/mol. The number of alkyl halides is 1. The Bertz CT molecular complexity index is 310. The van der Waals surface area contributed by atoms with Crippen molar-refractivity contribution in [1.29, 1.82) is 0 Å². The van der Waals surface area contributed by atoms with Crippen LogP contribution in [0.2, 0.25) is 0 Å². The minimum atomic E-state index is 0.542. The minimum absolute atomic E-state index is 0.542. The van der Waals surface area contributed by atoms with Gasteiger partial charge in [-0.3, -0.25) is 0 Å². The van der Waals surface area contributed by atoms with Gasteiger partial charge in [-0.25, -0.2) is 4.58 Å². The molecule has 0 spiro atoms. The van der Waals surface area contributed by atoms with E-state index < -0.39 is 0 Å². The lowest BCUT2D eigenvalue weighted by Gasteiger charge is -1.98. The van der Waals surface area contributed by atoms with Gasteiger partial charge in [0.25, 0.3) is 5.17 Å². The van der Waals surface area contributed by atoms with Crippen LogP contribution in [-0.4, -0.2) is 23.8 Å². The van der Waals surface area contributed by atoms with Gasteiger partial charge < -0.3 is 0 Å². The SMILES string of the molecule is C[N+](C)=C(Cl)c1ccc(CCl)cc1. The van der Waals surface area contributed by atoms with E-state index in [1.165, 1.54) is 0 Å². The second kappa shape index (κ2) is 4.64. The number of halogens is 2. The third-order valence-electron chi connectivity index (χ3n) is 1.74. The first-order valence-corrected chi connectivity index (χ1v) is 4.91. The molecule has 0 aliphatic carbocycles. The summed E-state index contributed by atoms with van der Waals surface area (Å²) in [6, 6.07) is 7.91.